The van der Waals surface area contributed by atoms with Gasteiger partial charge in [0.05, 0.1) is 0 Å². The van der Waals surface area contributed by atoms with E-state index >= 15 is 0 Å². The largest absolute Gasteiger partial charge is 0.247 e. The second kappa shape index (κ2) is 13.8. The Morgan fingerprint density at radius 1 is 0.295 bits per heavy atom. The van der Waals surface area contributed by atoms with E-state index in [2.05, 4.69) is 109 Å². The predicted octanol–water partition coefficient (Wildman–Crippen LogP) is 9.62. The van der Waals surface area contributed by atoms with Crippen LogP contribution in [0.4, 0.5) is 0 Å². The zero-order chi connectivity index (χ0) is 30.5. The minimum absolute atomic E-state index is 0.750. The third kappa shape index (κ3) is 7.32. The Balaban J connectivity index is 1.31. The van der Waals surface area contributed by atoms with Gasteiger partial charge in [0.25, 0.3) is 0 Å². The fraction of sp³-hybridized carbons (Fsp3) is 0.0769. The summed E-state index contributed by atoms with van der Waals surface area (Å²) in [6.45, 7) is 0. The summed E-state index contributed by atoms with van der Waals surface area (Å²) in [6.07, 6.45) is 2.52. The van der Waals surface area contributed by atoms with Crippen molar-refractivity contribution in [1.82, 2.24) is 0 Å². The number of hydrogen-bond donors (Lipinski definition) is 0. The average Bonchev–Trinajstić information content (AvgIpc) is 3.05. The van der Waals surface area contributed by atoms with Gasteiger partial charge in [-0.2, -0.15) is 0 Å². The minimum atomic E-state index is -2.83. The minimum Gasteiger partial charge on any atom is -0.149 e. The Labute approximate surface area is 280 Å². The number of benzene rings is 6. The first-order chi connectivity index (χ1) is 21.3. The van der Waals surface area contributed by atoms with Crippen LogP contribution in [0.5, 0.6) is 0 Å². The Bertz CT molecular complexity index is 1590. The van der Waals surface area contributed by atoms with Crippen molar-refractivity contribution in [1.29, 1.82) is 0 Å². The molecule has 44 heavy (non-hydrogen) atoms. The van der Waals surface area contributed by atoms with Crippen molar-refractivity contribution in [3.63, 3.8) is 0 Å². The molecular formula is C39H30Cl4Si. The van der Waals surface area contributed by atoms with E-state index in [4.69, 9.17) is 45.9 Å². The van der Waals surface area contributed by atoms with Gasteiger partial charge >= 0.3 is 0 Å². The van der Waals surface area contributed by atoms with Gasteiger partial charge in [-0.25, -0.2) is 0 Å². The molecule has 0 heterocycles. The summed E-state index contributed by atoms with van der Waals surface area (Å²) in [7, 11) is -2.83. The van der Waals surface area contributed by atoms with Gasteiger partial charge in [-0.05, 0) is 105 Å². The third-order valence-corrected chi connectivity index (χ3v) is 14.1. The lowest BCUT2D eigenvalue weighted by Gasteiger charge is -2.27. The monoisotopic (exact) mass is 666 g/mol. The summed E-state index contributed by atoms with van der Waals surface area (Å²) in [5.74, 6) is 0. The van der Waals surface area contributed by atoms with Gasteiger partial charge < -0.3 is 0 Å². The van der Waals surface area contributed by atoms with Crippen molar-refractivity contribution in [2.75, 3.05) is 0 Å². The smallest absolute Gasteiger partial charge is 0.149 e. The van der Waals surface area contributed by atoms with E-state index in [1.54, 1.807) is 0 Å². The quantitative estimate of drug-likeness (QED) is 0.0818. The maximum absolute atomic E-state index is 7.90. The summed E-state index contributed by atoms with van der Waals surface area (Å²) in [5.41, 5.74) is 7.39. The average molecular weight is 669 g/mol. The molecule has 6 aromatic carbocycles. The van der Waals surface area contributed by atoms with Gasteiger partial charge in [0.15, 0.2) is 0 Å². The molecule has 6 rings (SSSR count). The molecule has 0 aliphatic heterocycles. The van der Waals surface area contributed by atoms with Gasteiger partial charge in [-0.3, -0.25) is 0 Å². The van der Waals surface area contributed by atoms with E-state index in [1.807, 2.05) is 36.4 Å². The standard InChI is InChI=1S/C39H30Cl4Si/c40-34-13-1-28(2-14-34)25-31-7-19-37(20-8-31)44(43,38-21-9-32(10-22-38)26-29-3-15-35(41)16-4-29)39-23-11-33(12-24-39)27-30-5-17-36(42)18-6-30/h1-24H,25-27H2. The fourth-order valence-corrected chi connectivity index (χ4v) is 9.96. The number of rotatable bonds is 9. The van der Waals surface area contributed by atoms with E-state index in [9.17, 15) is 0 Å². The Morgan fingerprint density at radius 3 is 0.682 bits per heavy atom. The third-order valence-electron chi connectivity index (χ3n) is 8.02. The zero-order valence-electron chi connectivity index (χ0n) is 24.0. The van der Waals surface area contributed by atoms with Gasteiger partial charge in [-0.1, -0.05) is 144 Å². The highest BCUT2D eigenvalue weighted by Gasteiger charge is 2.38. The molecule has 0 atom stereocenters. The number of halogens is 4. The molecule has 0 saturated heterocycles. The lowest BCUT2D eigenvalue weighted by Crippen LogP contribution is -2.62. The van der Waals surface area contributed by atoms with Crippen LogP contribution in [0.3, 0.4) is 0 Å². The molecule has 0 N–H and O–H groups in total. The maximum atomic E-state index is 7.90. The Hall–Kier alpha value is -3.30. The molecule has 0 amide bonds. The van der Waals surface area contributed by atoms with E-state index in [0.717, 1.165) is 49.9 Å². The molecule has 0 nitrogen and oxygen atoms in total. The van der Waals surface area contributed by atoms with Crippen molar-refractivity contribution < 1.29 is 0 Å². The van der Waals surface area contributed by atoms with Gasteiger partial charge in [0, 0.05) is 15.1 Å². The van der Waals surface area contributed by atoms with Crippen LogP contribution in [-0.2, 0) is 19.3 Å². The summed E-state index contributed by atoms with van der Waals surface area (Å²) in [5, 5.41) is 5.74. The topological polar surface area (TPSA) is 0 Å². The van der Waals surface area contributed by atoms with Crippen LogP contribution in [-0.4, -0.2) is 7.38 Å². The van der Waals surface area contributed by atoms with Crippen LogP contribution in [0.15, 0.2) is 146 Å². The van der Waals surface area contributed by atoms with Crippen LogP contribution in [0.25, 0.3) is 0 Å². The Kier molecular flexibility index (Phi) is 9.61. The van der Waals surface area contributed by atoms with Crippen LogP contribution in [0, 0.1) is 0 Å². The van der Waals surface area contributed by atoms with E-state index in [1.165, 1.54) is 33.4 Å². The highest BCUT2D eigenvalue weighted by molar-refractivity contribution is 7.40. The van der Waals surface area contributed by atoms with Crippen molar-refractivity contribution in [2.24, 2.45) is 0 Å². The SMILES string of the molecule is Clc1ccc(Cc2ccc([Si](Cl)(c3ccc(Cc4ccc(Cl)cc4)cc3)c3ccc(Cc4ccc(Cl)cc4)cc3)cc2)cc1. The first-order valence-electron chi connectivity index (χ1n) is 14.6. The first-order valence-corrected chi connectivity index (χ1v) is 18.7. The van der Waals surface area contributed by atoms with E-state index in [0.29, 0.717) is 0 Å². The summed E-state index contributed by atoms with van der Waals surface area (Å²) < 4.78 is 0. The van der Waals surface area contributed by atoms with Crippen molar-refractivity contribution >= 4 is 68.8 Å². The molecule has 0 aromatic heterocycles. The van der Waals surface area contributed by atoms with Crippen molar-refractivity contribution in [3.8, 4) is 0 Å². The fourth-order valence-electron chi connectivity index (χ4n) is 5.57. The number of hydrogen-bond acceptors (Lipinski definition) is 0. The van der Waals surface area contributed by atoms with Crippen molar-refractivity contribution in [2.45, 2.75) is 19.3 Å². The van der Waals surface area contributed by atoms with Crippen LogP contribution < -0.4 is 15.6 Å². The highest BCUT2D eigenvalue weighted by Crippen LogP contribution is 2.19. The van der Waals surface area contributed by atoms with E-state index < -0.39 is 7.38 Å². The normalized spacial score (nSPS) is 11.5. The highest BCUT2D eigenvalue weighted by atomic mass is 35.6. The van der Waals surface area contributed by atoms with Gasteiger partial charge in [-0.15, -0.1) is 11.1 Å². The molecule has 0 unspecified atom stereocenters. The molecule has 0 fully saturated rings. The van der Waals surface area contributed by atoms with Crippen LogP contribution in [0.2, 0.25) is 15.1 Å². The summed E-state index contributed by atoms with van der Waals surface area (Å²) in [4.78, 5) is 0. The molecular weight excluding hydrogens is 638 g/mol. The second-order valence-corrected chi connectivity index (χ2v) is 17.2. The molecule has 0 bridgehead atoms. The van der Waals surface area contributed by atoms with E-state index in [-0.39, 0.29) is 0 Å². The molecule has 0 saturated carbocycles. The van der Waals surface area contributed by atoms with Gasteiger partial charge in [0.2, 0.25) is 7.38 Å². The second-order valence-electron chi connectivity index (χ2n) is 11.2. The Morgan fingerprint density at radius 2 is 0.477 bits per heavy atom. The molecule has 5 heteroatoms. The summed E-state index contributed by atoms with van der Waals surface area (Å²) >= 11 is 26.2. The zero-order valence-corrected chi connectivity index (χ0v) is 28.0. The van der Waals surface area contributed by atoms with Crippen LogP contribution >= 0.6 is 45.9 Å². The maximum Gasteiger partial charge on any atom is 0.247 e. The lowest BCUT2D eigenvalue weighted by atomic mass is 10.1. The van der Waals surface area contributed by atoms with Crippen LogP contribution in [0.1, 0.15) is 33.4 Å². The van der Waals surface area contributed by atoms with Gasteiger partial charge in [0.1, 0.15) is 0 Å². The molecule has 6 aromatic rings. The first kappa shape index (κ1) is 30.7. The molecule has 218 valence electrons. The van der Waals surface area contributed by atoms with Crippen molar-refractivity contribution in [3.05, 3.63) is 194 Å². The molecule has 0 radical (unpaired) electrons. The molecule has 0 aliphatic carbocycles. The molecule has 0 spiro atoms. The molecule has 0 aliphatic rings. The lowest BCUT2D eigenvalue weighted by molar-refractivity contribution is 1.19. The summed E-state index contributed by atoms with van der Waals surface area (Å²) in [6, 6.07) is 50.6. The predicted molar refractivity (Wildman–Crippen MR) is 193 cm³/mol.